The molecule has 0 aliphatic rings. The molecule has 0 aliphatic heterocycles. The van der Waals surface area contributed by atoms with Gasteiger partial charge in [0.1, 0.15) is 4.21 Å². The summed E-state index contributed by atoms with van der Waals surface area (Å²) < 4.78 is 27.6. The molecule has 0 fully saturated rings. The van der Waals surface area contributed by atoms with Gasteiger partial charge in [-0.05, 0) is 24.1 Å². The van der Waals surface area contributed by atoms with Gasteiger partial charge in [0.2, 0.25) is 0 Å². The second-order valence-corrected chi connectivity index (χ2v) is 8.45. The summed E-state index contributed by atoms with van der Waals surface area (Å²) in [4.78, 5) is 0. The highest BCUT2D eigenvalue weighted by Gasteiger charge is 2.26. The van der Waals surface area contributed by atoms with Crippen molar-refractivity contribution in [2.24, 2.45) is 5.73 Å². The van der Waals surface area contributed by atoms with Crippen LogP contribution in [-0.2, 0) is 16.6 Å². The Labute approximate surface area is 146 Å². The van der Waals surface area contributed by atoms with Gasteiger partial charge in [0.25, 0.3) is 10.0 Å². The molecule has 22 heavy (non-hydrogen) atoms. The number of rotatable bonds is 6. The largest absolute Gasteiger partial charge is 0.329 e. The molecular weight excluding hydrogens is 363 g/mol. The van der Waals surface area contributed by atoms with E-state index in [2.05, 4.69) is 0 Å². The first-order valence-electron chi connectivity index (χ1n) is 6.45. The van der Waals surface area contributed by atoms with E-state index < -0.39 is 10.0 Å². The van der Waals surface area contributed by atoms with Gasteiger partial charge < -0.3 is 5.73 Å². The van der Waals surface area contributed by atoms with Crippen LogP contribution < -0.4 is 5.73 Å². The fourth-order valence-electron chi connectivity index (χ4n) is 1.90. The van der Waals surface area contributed by atoms with Crippen molar-refractivity contribution in [2.45, 2.75) is 17.7 Å². The lowest BCUT2D eigenvalue weighted by molar-refractivity contribution is 0.415. The number of hydrogen-bond acceptors (Lipinski definition) is 4. The summed E-state index contributed by atoms with van der Waals surface area (Å²) in [5.41, 5.74) is 7.26. The molecule has 8 heteroatoms. The molecule has 2 aromatic rings. The molecule has 1 heterocycles. The first-order valence-corrected chi connectivity index (χ1v) is 9.08. The minimum absolute atomic E-state index is 0. The summed E-state index contributed by atoms with van der Waals surface area (Å²) in [6, 6.07) is 11.1. The van der Waals surface area contributed by atoms with E-state index in [9.17, 15) is 8.42 Å². The van der Waals surface area contributed by atoms with Crippen LogP contribution in [0.15, 0.2) is 40.6 Å². The second-order valence-electron chi connectivity index (χ2n) is 4.64. The van der Waals surface area contributed by atoms with E-state index in [1.807, 2.05) is 30.3 Å². The maximum absolute atomic E-state index is 12.7. The Hall–Kier alpha value is -0.630. The zero-order valence-corrected chi connectivity index (χ0v) is 15.2. The number of halogens is 2. The van der Waals surface area contributed by atoms with Crippen LogP contribution in [0.2, 0.25) is 4.34 Å². The topological polar surface area (TPSA) is 63.4 Å². The highest BCUT2D eigenvalue weighted by atomic mass is 35.5. The monoisotopic (exact) mass is 380 g/mol. The fourth-order valence-corrected chi connectivity index (χ4v) is 5.21. The molecule has 0 radical (unpaired) electrons. The Morgan fingerprint density at radius 1 is 1.27 bits per heavy atom. The number of hydrogen-bond donors (Lipinski definition) is 1. The molecule has 0 atom stereocenters. The Kier molecular flexibility index (Phi) is 7.31. The standard InChI is InChI=1S/C14H17ClN2O2S2.ClH/c1-11-9-13(20-14(11)15)21(18,19)17(8-7-16)10-12-5-3-2-4-6-12;/h2-6,9H,7-8,10,16H2,1H3;1H. The van der Waals surface area contributed by atoms with Gasteiger partial charge in [-0.25, -0.2) is 8.42 Å². The molecule has 0 spiro atoms. The van der Waals surface area contributed by atoms with E-state index in [4.69, 9.17) is 17.3 Å². The first kappa shape index (κ1) is 19.4. The van der Waals surface area contributed by atoms with Crippen molar-refractivity contribution in [3.05, 3.63) is 51.9 Å². The molecule has 2 rings (SSSR count). The van der Waals surface area contributed by atoms with Gasteiger partial charge in [0, 0.05) is 19.6 Å². The Balaban J connectivity index is 0.00000242. The molecule has 0 bridgehead atoms. The van der Waals surface area contributed by atoms with Gasteiger partial charge in [0.15, 0.2) is 0 Å². The van der Waals surface area contributed by atoms with Crippen LogP contribution in [0.3, 0.4) is 0 Å². The molecule has 0 saturated carbocycles. The van der Waals surface area contributed by atoms with Crippen molar-refractivity contribution in [2.75, 3.05) is 13.1 Å². The molecular formula is C14H18Cl2N2O2S2. The number of nitrogens with zero attached hydrogens (tertiary/aromatic N) is 1. The lowest BCUT2D eigenvalue weighted by Gasteiger charge is -2.20. The van der Waals surface area contributed by atoms with Crippen molar-refractivity contribution in [1.82, 2.24) is 4.31 Å². The molecule has 0 aliphatic carbocycles. The highest BCUT2D eigenvalue weighted by molar-refractivity contribution is 7.91. The van der Waals surface area contributed by atoms with Crippen LogP contribution in [0.1, 0.15) is 11.1 Å². The molecule has 0 amide bonds. The third-order valence-electron chi connectivity index (χ3n) is 3.01. The van der Waals surface area contributed by atoms with Gasteiger partial charge in [-0.1, -0.05) is 41.9 Å². The summed E-state index contributed by atoms with van der Waals surface area (Å²) in [5, 5.41) is 0. The van der Waals surface area contributed by atoms with Crippen LogP contribution in [0.4, 0.5) is 0 Å². The Bertz CT molecular complexity index is 683. The summed E-state index contributed by atoms with van der Waals surface area (Å²) >= 11 is 7.07. The third kappa shape index (κ3) is 4.44. The molecule has 2 N–H and O–H groups in total. The van der Waals surface area contributed by atoms with Crippen LogP contribution in [0, 0.1) is 6.92 Å². The average molecular weight is 381 g/mol. The predicted octanol–water partition coefficient (Wildman–Crippen LogP) is 3.28. The van der Waals surface area contributed by atoms with Crippen LogP contribution in [0.5, 0.6) is 0 Å². The average Bonchev–Trinajstić information content (AvgIpc) is 2.80. The Morgan fingerprint density at radius 3 is 2.41 bits per heavy atom. The molecule has 122 valence electrons. The van der Waals surface area contributed by atoms with Gasteiger partial charge >= 0.3 is 0 Å². The van der Waals surface area contributed by atoms with E-state index in [1.165, 1.54) is 4.31 Å². The van der Waals surface area contributed by atoms with Crippen molar-refractivity contribution in [3.63, 3.8) is 0 Å². The zero-order chi connectivity index (χ0) is 15.5. The predicted molar refractivity (Wildman–Crippen MR) is 94.4 cm³/mol. The highest BCUT2D eigenvalue weighted by Crippen LogP contribution is 2.32. The second kappa shape index (κ2) is 8.29. The smallest absolute Gasteiger partial charge is 0.252 e. The van der Waals surface area contributed by atoms with Crippen molar-refractivity contribution >= 4 is 45.4 Å². The molecule has 0 unspecified atom stereocenters. The van der Waals surface area contributed by atoms with E-state index >= 15 is 0 Å². The molecule has 1 aromatic carbocycles. The Morgan fingerprint density at radius 2 is 1.91 bits per heavy atom. The normalized spacial score (nSPS) is 11.5. The van der Waals surface area contributed by atoms with E-state index in [0.29, 0.717) is 10.9 Å². The van der Waals surface area contributed by atoms with Crippen molar-refractivity contribution < 1.29 is 8.42 Å². The minimum atomic E-state index is -3.58. The van der Waals surface area contributed by atoms with Crippen LogP contribution >= 0.6 is 35.3 Å². The number of aryl methyl sites for hydroxylation is 1. The third-order valence-corrected chi connectivity index (χ3v) is 6.86. The van der Waals surface area contributed by atoms with Gasteiger partial charge in [-0.2, -0.15) is 4.31 Å². The number of thiophene rings is 1. The number of sulfonamides is 1. The van der Waals surface area contributed by atoms with Gasteiger partial charge in [-0.15, -0.1) is 23.7 Å². The maximum Gasteiger partial charge on any atom is 0.252 e. The molecule has 0 saturated heterocycles. The van der Waals surface area contributed by atoms with Gasteiger partial charge in [-0.3, -0.25) is 0 Å². The molecule has 1 aromatic heterocycles. The van der Waals surface area contributed by atoms with Crippen molar-refractivity contribution in [3.8, 4) is 0 Å². The van der Waals surface area contributed by atoms with Crippen LogP contribution in [-0.4, -0.2) is 25.8 Å². The zero-order valence-electron chi connectivity index (χ0n) is 12.0. The minimum Gasteiger partial charge on any atom is -0.329 e. The first-order chi connectivity index (χ1) is 9.95. The summed E-state index contributed by atoms with van der Waals surface area (Å²) in [5.74, 6) is 0. The quantitative estimate of drug-likeness (QED) is 0.835. The maximum atomic E-state index is 12.7. The van der Waals surface area contributed by atoms with Crippen molar-refractivity contribution in [1.29, 1.82) is 0 Å². The van der Waals surface area contributed by atoms with E-state index in [-0.39, 0.29) is 29.7 Å². The number of benzene rings is 1. The SMILES string of the molecule is Cc1cc(S(=O)(=O)N(CCN)Cc2ccccc2)sc1Cl.Cl. The summed E-state index contributed by atoms with van der Waals surface area (Å²) in [6.07, 6.45) is 0. The van der Waals surface area contributed by atoms with Crippen LogP contribution in [0.25, 0.3) is 0 Å². The summed E-state index contributed by atoms with van der Waals surface area (Å²) in [7, 11) is -3.58. The van der Waals surface area contributed by atoms with Gasteiger partial charge in [0.05, 0.1) is 4.34 Å². The lowest BCUT2D eigenvalue weighted by Crippen LogP contribution is -2.34. The van der Waals surface area contributed by atoms with E-state index in [0.717, 1.165) is 22.5 Å². The summed E-state index contributed by atoms with van der Waals surface area (Å²) in [6.45, 7) is 2.63. The molecule has 4 nitrogen and oxygen atoms in total. The fraction of sp³-hybridized carbons (Fsp3) is 0.286. The number of nitrogens with two attached hydrogens (primary N) is 1. The van der Waals surface area contributed by atoms with E-state index in [1.54, 1.807) is 13.0 Å². The lowest BCUT2D eigenvalue weighted by atomic mass is 10.2.